The van der Waals surface area contributed by atoms with Crippen molar-refractivity contribution in [3.8, 4) is 0 Å². The van der Waals surface area contributed by atoms with Crippen molar-refractivity contribution in [2.75, 3.05) is 12.3 Å². The highest BCUT2D eigenvalue weighted by Crippen LogP contribution is 2.24. The van der Waals surface area contributed by atoms with Gasteiger partial charge in [0.25, 0.3) is 0 Å². The maximum atomic E-state index is 10.8. The van der Waals surface area contributed by atoms with E-state index in [1.54, 1.807) is 23.9 Å². The topological polar surface area (TPSA) is 63.3 Å². The lowest BCUT2D eigenvalue weighted by molar-refractivity contribution is 0.0695. The number of hydrogen-bond donors (Lipinski definition) is 2. The van der Waals surface area contributed by atoms with Gasteiger partial charge in [-0.1, -0.05) is 0 Å². The Morgan fingerprint density at radius 3 is 2.86 bits per heavy atom. The van der Waals surface area contributed by atoms with Gasteiger partial charge in [-0.2, -0.15) is 0 Å². The minimum atomic E-state index is -0.924. The third-order valence-corrected chi connectivity index (χ3v) is 3.27. The molecular formula is C9H10BrNO2S. The van der Waals surface area contributed by atoms with Crippen molar-refractivity contribution < 1.29 is 9.90 Å². The third kappa shape index (κ3) is 3.01. The van der Waals surface area contributed by atoms with Gasteiger partial charge in [-0.25, -0.2) is 4.79 Å². The molecule has 3 nitrogen and oxygen atoms in total. The van der Waals surface area contributed by atoms with Gasteiger partial charge in [0.05, 0.1) is 5.56 Å². The highest BCUT2D eigenvalue weighted by Gasteiger charge is 2.08. The second-order valence-electron chi connectivity index (χ2n) is 2.58. The number of aromatic carboxylic acids is 1. The van der Waals surface area contributed by atoms with E-state index in [4.69, 9.17) is 10.8 Å². The van der Waals surface area contributed by atoms with Gasteiger partial charge >= 0.3 is 5.97 Å². The number of carboxylic acid groups (broad SMARTS) is 1. The van der Waals surface area contributed by atoms with E-state index in [9.17, 15) is 4.79 Å². The molecule has 0 saturated heterocycles. The van der Waals surface area contributed by atoms with Crippen molar-refractivity contribution in [3.05, 3.63) is 28.2 Å². The lowest BCUT2D eigenvalue weighted by Crippen LogP contribution is -2.01. The zero-order valence-corrected chi connectivity index (χ0v) is 9.77. The first-order valence-electron chi connectivity index (χ1n) is 4.01. The van der Waals surface area contributed by atoms with Crippen LogP contribution in [0.25, 0.3) is 0 Å². The van der Waals surface area contributed by atoms with Crippen molar-refractivity contribution in [1.29, 1.82) is 0 Å². The number of carbonyl (C=O) groups is 1. The van der Waals surface area contributed by atoms with Gasteiger partial charge < -0.3 is 10.8 Å². The Labute approximate surface area is 94.8 Å². The molecule has 1 aromatic rings. The van der Waals surface area contributed by atoms with Crippen LogP contribution < -0.4 is 5.73 Å². The van der Waals surface area contributed by atoms with E-state index in [0.29, 0.717) is 11.0 Å². The zero-order chi connectivity index (χ0) is 10.6. The molecule has 0 amide bonds. The van der Waals surface area contributed by atoms with Crippen molar-refractivity contribution in [2.24, 2.45) is 5.73 Å². The van der Waals surface area contributed by atoms with Crippen LogP contribution in [0.3, 0.4) is 0 Å². The molecule has 1 rings (SSSR count). The molecule has 0 aliphatic rings. The molecule has 0 heterocycles. The number of carboxylic acids is 1. The lowest BCUT2D eigenvalue weighted by Gasteiger charge is -2.03. The Kier molecular flexibility index (Phi) is 4.44. The Balaban J connectivity index is 2.89. The highest BCUT2D eigenvalue weighted by molar-refractivity contribution is 9.10. The number of nitrogens with two attached hydrogens (primary N) is 1. The molecule has 0 radical (unpaired) electrons. The predicted molar refractivity (Wildman–Crippen MR) is 60.9 cm³/mol. The van der Waals surface area contributed by atoms with Crippen LogP contribution in [0.15, 0.2) is 27.6 Å². The van der Waals surface area contributed by atoms with Crippen molar-refractivity contribution >= 4 is 33.7 Å². The van der Waals surface area contributed by atoms with E-state index in [1.807, 2.05) is 6.07 Å². The van der Waals surface area contributed by atoms with Crippen LogP contribution in [0.5, 0.6) is 0 Å². The van der Waals surface area contributed by atoms with E-state index < -0.39 is 5.97 Å². The molecule has 3 N–H and O–H groups in total. The molecule has 0 bridgehead atoms. The van der Waals surface area contributed by atoms with E-state index in [1.165, 1.54) is 0 Å². The number of thioether (sulfide) groups is 1. The van der Waals surface area contributed by atoms with Crippen LogP contribution in [0.1, 0.15) is 10.4 Å². The van der Waals surface area contributed by atoms with Crippen LogP contribution in [0.4, 0.5) is 0 Å². The van der Waals surface area contributed by atoms with E-state index in [2.05, 4.69) is 15.9 Å². The summed E-state index contributed by atoms with van der Waals surface area (Å²) in [7, 11) is 0. The molecular weight excluding hydrogens is 266 g/mol. The van der Waals surface area contributed by atoms with Crippen LogP contribution >= 0.6 is 27.7 Å². The standard InChI is InChI=1S/C9H10BrNO2S/c10-8-2-1-6(14-4-3-11)5-7(8)9(12)13/h1-2,5H,3-4,11H2,(H,12,13). The van der Waals surface area contributed by atoms with Gasteiger partial charge in [-0.15, -0.1) is 11.8 Å². The highest BCUT2D eigenvalue weighted by atomic mass is 79.9. The summed E-state index contributed by atoms with van der Waals surface area (Å²) in [5, 5.41) is 8.85. The molecule has 14 heavy (non-hydrogen) atoms. The monoisotopic (exact) mass is 275 g/mol. The van der Waals surface area contributed by atoms with E-state index in [-0.39, 0.29) is 5.56 Å². The van der Waals surface area contributed by atoms with E-state index in [0.717, 1.165) is 10.6 Å². The molecule has 0 atom stereocenters. The molecule has 1 aromatic carbocycles. The normalized spacial score (nSPS) is 10.1. The maximum Gasteiger partial charge on any atom is 0.336 e. The fourth-order valence-corrected chi connectivity index (χ4v) is 2.07. The summed E-state index contributed by atoms with van der Waals surface area (Å²) in [6, 6.07) is 5.26. The summed E-state index contributed by atoms with van der Waals surface area (Å²) in [5.41, 5.74) is 5.64. The van der Waals surface area contributed by atoms with Crippen molar-refractivity contribution in [3.63, 3.8) is 0 Å². The summed E-state index contributed by atoms with van der Waals surface area (Å²) >= 11 is 4.74. The zero-order valence-electron chi connectivity index (χ0n) is 7.37. The molecule has 0 aliphatic heterocycles. The molecule has 0 unspecified atom stereocenters. The fourth-order valence-electron chi connectivity index (χ4n) is 0.935. The smallest absolute Gasteiger partial charge is 0.336 e. The van der Waals surface area contributed by atoms with Crippen LogP contribution in [-0.2, 0) is 0 Å². The minimum Gasteiger partial charge on any atom is -0.478 e. The van der Waals surface area contributed by atoms with Crippen LogP contribution in [0, 0.1) is 0 Å². The van der Waals surface area contributed by atoms with Gasteiger partial charge in [0.2, 0.25) is 0 Å². The first kappa shape index (κ1) is 11.6. The van der Waals surface area contributed by atoms with Crippen molar-refractivity contribution in [2.45, 2.75) is 4.90 Å². The number of benzene rings is 1. The van der Waals surface area contributed by atoms with Gasteiger partial charge in [0.15, 0.2) is 0 Å². The van der Waals surface area contributed by atoms with Gasteiger partial charge in [-0.3, -0.25) is 0 Å². The SMILES string of the molecule is NCCSc1ccc(Br)c(C(=O)O)c1. The number of hydrogen-bond acceptors (Lipinski definition) is 3. The first-order valence-corrected chi connectivity index (χ1v) is 5.78. The van der Waals surface area contributed by atoms with E-state index >= 15 is 0 Å². The predicted octanol–water partition coefficient (Wildman–Crippen LogP) is 2.20. The summed E-state index contributed by atoms with van der Waals surface area (Å²) in [5.74, 6) is -0.132. The minimum absolute atomic E-state index is 0.284. The summed E-state index contributed by atoms with van der Waals surface area (Å²) in [6.07, 6.45) is 0. The average Bonchev–Trinajstić information content (AvgIpc) is 2.16. The molecule has 0 aliphatic carbocycles. The second kappa shape index (κ2) is 5.38. The molecule has 0 fully saturated rings. The molecule has 0 spiro atoms. The second-order valence-corrected chi connectivity index (χ2v) is 4.61. The largest absolute Gasteiger partial charge is 0.478 e. The quantitative estimate of drug-likeness (QED) is 0.827. The number of rotatable bonds is 4. The number of halogens is 1. The summed E-state index contributed by atoms with van der Waals surface area (Å²) in [4.78, 5) is 11.7. The Morgan fingerprint density at radius 2 is 2.29 bits per heavy atom. The van der Waals surface area contributed by atoms with Gasteiger partial charge in [-0.05, 0) is 34.1 Å². The Morgan fingerprint density at radius 1 is 1.57 bits per heavy atom. The van der Waals surface area contributed by atoms with Crippen molar-refractivity contribution in [1.82, 2.24) is 0 Å². The molecule has 0 saturated carbocycles. The Bertz CT molecular complexity index is 344. The van der Waals surface area contributed by atoms with Crippen LogP contribution in [0.2, 0.25) is 0 Å². The Hall–Kier alpha value is -0.520. The van der Waals surface area contributed by atoms with Crippen LogP contribution in [-0.4, -0.2) is 23.4 Å². The van der Waals surface area contributed by atoms with Gasteiger partial charge in [0, 0.05) is 21.7 Å². The lowest BCUT2D eigenvalue weighted by atomic mass is 10.2. The molecule has 0 aromatic heterocycles. The average molecular weight is 276 g/mol. The molecule has 76 valence electrons. The van der Waals surface area contributed by atoms with Gasteiger partial charge in [0.1, 0.15) is 0 Å². The fraction of sp³-hybridized carbons (Fsp3) is 0.222. The summed E-state index contributed by atoms with van der Waals surface area (Å²) in [6.45, 7) is 0.586. The third-order valence-electron chi connectivity index (χ3n) is 1.55. The summed E-state index contributed by atoms with van der Waals surface area (Å²) < 4.78 is 0.599. The molecule has 5 heteroatoms. The first-order chi connectivity index (χ1) is 6.65. The maximum absolute atomic E-state index is 10.8.